The number of hydrogen-bond acceptors (Lipinski definition) is 3. The minimum atomic E-state index is -0.349. The van der Waals surface area contributed by atoms with Crippen LogP contribution in [0, 0.1) is 17.8 Å². The molecule has 5 heteroatoms. The lowest BCUT2D eigenvalue weighted by atomic mass is 9.84. The van der Waals surface area contributed by atoms with Crippen LogP contribution in [0.25, 0.3) is 10.9 Å². The zero-order valence-corrected chi connectivity index (χ0v) is 18.0. The molecule has 3 aromatic rings. The van der Waals surface area contributed by atoms with Crippen molar-refractivity contribution in [3.05, 3.63) is 76.1 Å². The van der Waals surface area contributed by atoms with Crippen LogP contribution < -0.4 is 16.0 Å². The summed E-state index contributed by atoms with van der Waals surface area (Å²) in [5, 5.41) is 0.976. The van der Waals surface area contributed by atoms with E-state index in [2.05, 4.69) is 13.0 Å². The average Bonchev–Trinajstić information content (AvgIpc) is 3.25. The largest absolute Gasteiger partial charge is 0.489 e. The van der Waals surface area contributed by atoms with Crippen LogP contribution in [0.1, 0.15) is 48.0 Å². The van der Waals surface area contributed by atoms with Crippen LogP contribution >= 0.6 is 0 Å². The third kappa shape index (κ3) is 3.32. The van der Waals surface area contributed by atoms with Gasteiger partial charge in [0, 0.05) is 24.1 Å². The molecule has 2 aliphatic rings. The molecule has 1 aromatic heterocycles. The highest BCUT2D eigenvalue weighted by Gasteiger charge is 2.59. The van der Waals surface area contributed by atoms with Crippen LogP contribution in [-0.2, 0) is 7.05 Å². The predicted octanol–water partition coefficient (Wildman–Crippen LogP) is 4.23. The molecule has 2 aliphatic carbocycles. The molecule has 0 aliphatic heterocycles. The number of carbonyl (C=O) groups excluding carboxylic acids is 1. The zero-order chi connectivity index (χ0) is 21.7. The highest BCUT2D eigenvalue weighted by Crippen LogP contribution is 2.64. The van der Waals surface area contributed by atoms with E-state index in [1.807, 2.05) is 42.5 Å². The SMILES string of the molecule is CC[C@H](c1ccccc1C(N)=O)C1[C@H]2CC(Oc3cc(=O)n(C)c4ccccc34)C[C@H]12. The Bertz CT molecular complexity index is 1200. The molecular weight excluding hydrogens is 388 g/mol. The van der Waals surface area contributed by atoms with Gasteiger partial charge >= 0.3 is 0 Å². The van der Waals surface area contributed by atoms with E-state index in [0.29, 0.717) is 35.0 Å². The van der Waals surface area contributed by atoms with Crippen LogP contribution in [0.2, 0.25) is 0 Å². The molecule has 2 saturated carbocycles. The molecule has 2 N–H and O–H groups in total. The minimum Gasteiger partial charge on any atom is -0.489 e. The Morgan fingerprint density at radius 3 is 2.52 bits per heavy atom. The maximum absolute atomic E-state index is 12.4. The fourth-order valence-electron chi connectivity index (χ4n) is 5.94. The van der Waals surface area contributed by atoms with E-state index < -0.39 is 0 Å². The third-order valence-corrected chi connectivity index (χ3v) is 7.41. The van der Waals surface area contributed by atoms with Gasteiger partial charge in [-0.3, -0.25) is 9.59 Å². The van der Waals surface area contributed by atoms with Gasteiger partial charge in [-0.1, -0.05) is 37.3 Å². The highest BCUT2D eigenvalue weighted by molar-refractivity contribution is 5.94. The summed E-state index contributed by atoms with van der Waals surface area (Å²) in [5.41, 5.74) is 8.21. The summed E-state index contributed by atoms with van der Waals surface area (Å²) in [7, 11) is 1.79. The summed E-state index contributed by atoms with van der Waals surface area (Å²) in [6.07, 6.45) is 3.11. The van der Waals surface area contributed by atoms with Gasteiger partial charge < -0.3 is 15.0 Å². The number of fused-ring (bicyclic) bond motifs is 2. The molecule has 5 rings (SSSR count). The van der Waals surface area contributed by atoms with Crippen molar-refractivity contribution in [2.75, 3.05) is 0 Å². The fourth-order valence-corrected chi connectivity index (χ4v) is 5.94. The number of pyridine rings is 1. The Morgan fingerprint density at radius 2 is 1.81 bits per heavy atom. The molecular formula is C26H28N2O3. The Hall–Kier alpha value is -3.08. The van der Waals surface area contributed by atoms with Gasteiger partial charge in [0.05, 0.1) is 11.6 Å². The van der Waals surface area contributed by atoms with Crippen LogP contribution in [-0.4, -0.2) is 16.6 Å². The summed E-state index contributed by atoms with van der Waals surface area (Å²) in [5.74, 6) is 2.48. The first-order valence-corrected chi connectivity index (χ1v) is 11.1. The summed E-state index contributed by atoms with van der Waals surface area (Å²) < 4.78 is 8.03. The van der Waals surface area contributed by atoms with E-state index in [0.717, 1.165) is 35.7 Å². The molecule has 3 atom stereocenters. The second-order valence-electron chi connectivity index (χ2n) is 9.01. The van der Waals surface area contributed by atoms with Crippen molar-refractivity contribution in [3.63, 3.8) is 0 Å². The lowest BCUT2D eigenvalue weighted by Gasteiger charge is -2.23. The lowest BCUT2D eigenvalue weighted by Crippen LogP contribution is -2.22. The third-order valence-electron chi connectivity index (χ3n) is 7.41. The first kappa shape index (κ1) is 19.9. The second kappa shape index (κ2) is 7.56. The average molecular weight is 417 g/mol. The summed E-state index contributed by atoms with van der Waals surface area (Å²) in [6.45, 7) is 2.19. The fraction of sp³-hybridized carbons (Fsp3) is 0.385. The van der Waals surface area contributed by atoms with Gasteiger partial charge in [-0.15, -0.1) is 0 Å². The number of aromatic nitrogens is 1. The number of carbonyl (C=O) groups is 1. The van der Waals surface area contributed by atoms with Gasteiger partial charge in [-0.05, 0) is 66.7 Å². The number of benzene rings is 2. The van der Waals surface area contributed by atoms with Crippen molar-refractivity contribution in [3.8, 4) is 5.75 Å². The van der Waals surface area contributed by atoms with E-state index in [-0.39, 0.29) is 17.6 Å². The highest BCUT2D eigenvalue weighted by atomic mass is 16.5. The van der Waals surface area contributed by atoms with Crippen LogP contribution in [0.4, 0.5) is 0 Å². The smallest absolute Gasteiger partial charge is 0.254 e. The van der Waals surface area contributed by atoms with Gasteiger partial charge in [-0.2, -0.15) is 0 Å². The van der Waals surface area contributed by atoms with E-state index in [9.17, 15) is 9.59 Å². The number of nitrogens with two attached hydrogens (primary N) is 1. The van der Waals surface area contributed by atoms with Crippen molar-refractivity contribution in [1.29, 1.82) is 0 Å². The van der Waals surface area contributed by atoms with Crippen molar-refractivity contribution >= 4 is 16.8 Å². The molecule has 0 radical (unpaired) electrons. The number of aryl methyl sites for hydroxylation is 1. The van der Waals surface area contributed by atoms with Gasteiger partial charge in [0.15, 0.2) is 0 Å². The zero-order valence-electron chi connectivity index (χ0n) is 18.0. The number of para-hydroxylation sites is 1. The number of hydrogen-bond donors (Lipinski definition) is 1. The Balaban J connectivity index is 1.33. The summed E-state index contributed by atoms with van der Waals surface area (Å²) >= 11 is 0. The molecule has 0 bridgehead atoms. The Morgan fingerprint density at radius 1 is 1.13 bits per heavy atom. The topological polar surface area (TPSA) is 74.3 Å². The molecule has 0 unspecified atom stereocenters. The second-order valence-corrected chi connectivity index (χ2v) is 9.01. The van der Waals surface area contributed by atoms with Crippen molar-refractivity contribution < 1.29 is 9.53 Å². The van der Waals surface area contributed by atoms with Gasteiger partial charge in [-0.25, -0.2) is 0 Å². The molecule has 5 nitrogen and oxygen atoms in total. The van der Waals surface area contributed by atoms with E-state index in [1.165, 1.54) is 0 Å². The van der Waals surface area contributed by atoms with Crippen LogP contribution in [0.15, 0.2) is 59.4 Å². The van der Waals surface area contributed by atoms with Gasteiger partial charge in [0.1, 0.15) is 5.75 Å². The van der Waals surface area contributed by atoms with Gasteiger partial charge in [0.25, 0.3) is 5.56 Å². The van der Waals surface area contributed by atoms with Crippen LogP contribution in [0.5, 0.6) is 5.75 Å². The monoisotopic (exact) mass is 416 g/mol. The summed E-state index contributed by atoms with van der Waals surface area (Å²) in [6, 6.07) is 17.3. The molecule has 0 saturated heterocycles. The minimum absolute atomic E-state index is 0.0520. The molecule has 1 amide bonds. The Kier molecular flexibility index (Phi) is 4.84. The maximum Gasteiger partial charge on any atom is 0.254 e. The first-order chi connectivity index (χ1) is 15.0. The van der Waals surface area contributed by atoms with E-state index in [1.54, 1.807) is 17.7 Å². The standard InChI is InChI=1S/C26H28N2O3/c1-3-16(17-8-4-5-9-18(17)26(27)30)25-20-12-15(13-21(20)25)31-23-14-24(29)28(2)22-11-7-6-10-19(22)23/h4-11,14-16,20-21,25H,3,12-13H2,1-2H3,(H2,27,30)/t15?,16-,20+,21+,25?/m1/s1. The first-order valence-electron chi connectivity index (χ1n) is 11.1. The molecule has 160 valence electrons. The number of ether oxygens (including phenoxy) is 1. The summed E-state index contributed by atoms with van der Waals surface area (Å²) in [4.78, 5) is 24.3. The van der Waals surface area contributed by atoms with Crippen molar-refractivity contribution in [2.24, 2.45) is 30.5 Å². The lowest BCUT2D eigenvalue weighted by molar-refractivity contribution is 0.0998. The number of rotatable bonds is 6. The normalized spacial score (nSPS) is 23.5. The molecule has 2 fully saturated rings. The Labute approximate surface area is 181 Å². The van der Waals surface area contributed by atoms with Crippen molar-refractivity contribution in [2.45, 2.75) is 38.2 Å². The quantitative estimate of drug-likeness (QED) is 0.653. The number of nitrogens with zero attached hydrogens (tertiary/aromatic N) is 1. The maximum atomic E-state index is 12.4. The van der Waals surface area contributed by atoms with Gasteiger partial charge in [0.2, 0.25) is 5.91 Å². The molecule has 0 spiro atoms. The predicted molar refractivity (Wildman–Crippen MR) is 121 cm³/mol. The molecule has 31 heavy (non-hydrogen) atoms. The van der Waals surface area contributed by atoms with Crippen LogP contribution in [0.3, 0.4) is 0 Å². The molecule has 2 aromatic carbocycles. The van der Waals surface area contributed by atoms with E-state index in [4.69, 9.17) is 10.5 Å². The van der Waals surface area contributed by atoms with E-state index >= 15 is 0 Å². The molecule has 1 heterocycles. The number of primary amides is 1. The van der Waals surface area contributed by atoms with Crippen molar-refractivity contribution in [1.82, 2.24) is 4.57 Å². The number of amides is 1.